The molecule has 0 aliphatic carbocycles. The molecule has 3 aromatic carbocycles. The monoisotopic (exact) mass is 574 g/mol. The molecule has 0 saturated heterocycles. The average molecular weight is 575 g/mol. The maximum Gasteiger partial charge on any atom is 0.0412 e. The van der Waals surface area contributed by atoms with E-state index in [1.807, 2.05) is 22.7 Å². The molecule has 0 unspecified atom stereocenters. The van der Waals surface area contributed by atoms with Gasteiger partial charge >= 0.3 is 0 Å². The van der Waals surface area contributed by atoms with Gasteiger partial charge in [0.2, 0.25) is 0 Å². The molecule has 0 spiro atoms. The molecular formula is C34H38S4. The summed E-state index contributed by atoms with van der Waals surface area (Å²) in [6, 6.07) is 14.0. The fourth-order valence-corrected chi connectivity index (χ4v) is 11.0. The van der Waals surface area contributed by atoms with Gasteiger partial charge in [0.25, 0.3) is 0 Å². The van der Waals surface area contributed by atoms with E-state index >= 15 is 0 Å². The van der Waals surface area contributed by atoms with Crippen molar-refractivity contribution in [1.82, 2.24) is 0 Å². The smallest absolute Gasteiger partial charge is 0.0412 e. The van der Waals surface area contributed by atoms with Crippen LogP contribution >= 0.6 is 42.7 Å². The Morgan fingerprint density at radius 3 is 1.21 bits per heavy atom. The molecular weight excluding hydrogens is 537 g/mol. The van der Waals surface area contributed by atoms with Gasteiger partial charge < -0.3 is 0 Å². The largest absolute Gasteiger partial charge is 0.178 e. The van der Waals surface area contributed by atoms with Crippen molar-refractivity contribution in [2.45, 2.75) is 41.5 Å². The van der Waals surface area contributed by atoms with Crippen molar-refractivity contribution in [1.29, 1.82) is 0 Å². The third-order valence-electron chi connectivity index (χ3n) is 8.36. The number of benzene rings is 3. The van der Waals surface area contributed by atoms with Gasteiger partial charge in [0.05, 0.1) is 0 Å². The molecule has 0 atom stereocenters. The van der Waals surface area contributed by atoms with Crippen LogP contribution in [0.1, 0.15) is 52.7 Å². The first-order valence-corrected chi connectivity index (χ1v) is 19.9. The third kappa shape index (κ3) is 4.76. The number of thiophene rings is 2. The van der Waals surface area contributed by atoms with Crippen LogP contribution in [0.15, 0.2) is 47.2 Å². The van der Waals surface area contributed by atoms with Crippen molar-refractivity contribution in [3.05, 3.63) is 58.3 Å². The van der Waals surface area contributed by atoms with Crippen molar-refractivity contribution in [3.63, 3.8) is 0 Å². The van der Waals surface area contributed by atoms with Crippen LogP contribution in [0.25, 0.3) is 41.7 Å². The van der Waals surface area contributed by atoms with E-state index in [0.29, 0.717) is 0 Å². The van der Waals surface area contributed by atoms with Gasteiger partial charge in [-0.1, -0.05) is 53.4 Å². The fraction of sp³-hybridized carbons (Fsp3) is 0.353. The molecule has 0 saturated carbocycles. The first kappa shape index (κ1) is 27.5. The zero-order valence-electron chi connectivity index (χ0n) is 23.5. The molecule has 198 valence electrons. The van der Waals surface area contributed by atoms with Gasteiger partial charge in [-0.15, -0.1) is 22.7 Å². The Kier molecular flexibility index (Phi) is 8.09. The predicted octanol–water partition coefficient (Wildman–Crippen LogP) is 10.8. The number of fused-ring (bicyclic) bond motifs is 4. The molecule has 5 aromatic rings. The molecule has 0 radical (unpaired) electrons. The normalized spacial score (nSPS) is 13.0. The summed E-state index contributed by atoms with van der Waals surface area (Å²) in [5.74, 6) is 14.6. The van der Waals surface area contributed by atoms with Crippen LogP contribution in [-0.2, 0) is 0 Å². The molecule has 5 rings (SSSR count). The lowest BCUT2D eigenvalue weighted by atomic mass is 9.91. The van der Waals surface area contributed by atoms with Crippen molar-refractivity contribution >= 4 is 84.4 Å². The summed E-state index contributed by atoms with van der Waals surface area (Å²) in [5, 5.41) is 19.8. The van der Waals surface area contributed by atoms with Gasteiger partial charge in [0.15, 0.2) is 0 Å². The minimum Gasteiger partial charge on any atom is -0.178 e. The second kappa shape index (κ2) is 11.2. The molecule has 0 bridgehead atoms. The third-order valence-corrected chi connectivity index (χ3v) is 17.8. The summed E-state index contributed by atoms with van der Waals surface area (Å²) in [5.41, 5.74) is 2.38. The van der Waals surface area contributed by atoms with Crippen LogP contribution in [0.3, 0.4) is 0 Å². The van der Waals surface area contributed by atoms with Crippen molar-refractivity contribution in [2.24, 2.45) is 0 Å². The topological polar surface area (TPSA) is 0 Å². The molecule has 38 heavy (non-hydrogen) atoms. The highest BCUT2D eigenvalue weighted by atomic mass is 32.3. The second-order valence-electron chi connectivity index (χ2n) is 9.74. The molecule has 4 heteroatoms. The van der Waals surface area contributed by atoms with Crippen LogP contribution < -0.4 is 0 Å². The maximum absolute atomic E-state index is 3.88. The summed E-state index contributed by atoms with van der Waals surface area (Å²) >= 11 is 3.64. The van der Waals surface area contributed by atoms with E-state index < -0.39 is 20.1 Å². The first-order valence-electron chi connectivity index (χ1n) is 13.8. The van der Waals surface area contributed by atoms with Gasteiger partial charge in [-0.05, 0) is 114 Å². The SMILES string of the molecule is CCS(C#Cc1c2cc3ccsc3cc2c(C#CS(CC)(CC)CC)c2cc3ccsc3cc12)(CC)CC. The molecule has 0 aliphatic rings. The summed E-state index contributed by atoms with van der Waals surface area (Å²) in [6.07, 6.45) is 0. The highest BCUT2D eigenvalue weighted by Crippen LogP contribution is 2.47. The van der Waals surface area contributed by atoms with E-state index in [0.717, 1.165) is 34.5 Å². The highest BCUT2D eigenvalue weighted by molar-refractivity contribution is 8.37. The molecule has 0 fully saturated rings. The zero-order valence-corrected chi connectivity index (χ0v) is 26.8. The lowest BCUT2D eigenvalue weighted by Crippen LogP contribution is -2.06. The van der Waals surface area contributed by atoms with Crippen molar-refractivity contribution < 1.29 is 0 Å². The molecule has 0 aliphatic heterocycles. The fourth-order valence-electron chi connectivity index (χ4n) is 5.38. The van der Waals surface area contributed by atoms with E-state index in [-0.39, 0.29) is 0 Å². The maximum atomic E-state index is 3.88. The van der Waals surface area contributed by atoms with Crippen molar-refractivity contribution in [2.75, 3.05) is 34.5 Å². The highest BCUT2D eigenvalue weighted by Gasteiger charge is 2.19. The van der Waals surface area contributed by atoms with Gasteiger partial charge in [-0.2, -0.15) is 20.1 Å². The Bertz CT molecular complexity index is 1520. The van der Waals surface area contributed by atoms with Crippen LogP contribution in [0.2, 0.25) is 0 Å². The van der Waals surface area contributed by atoms with Crippen molar-refractivity contribution in [3.8, 4) is 22.3 Å². The van der Waals surface area contributed by atoms with Crippen LogP contribution in [0, 0.1) is 22.3 Å². The van der Waals surface area contributed by atoms with Crippen LogP contribution in [0.5, 0.6) is 0 Å². The molecule has 2 aromatic heterocycles. The average Bonchev–Trinajstić information content (AvgIpc) is 3.62. The predicted molar refractivity (Wildman–Crippen MR) is 184 cm³/mol. The quantitative estimate of drug-likeness (QED) is 0.140. The second-order valence-corrected chi connectivity index (χ2v) is 19.7. The van der Waals surface area contributed by atoms with Crippen LogP contribution in [-0.4, -0.2) is 34.5 Å². The van der Waals surface area contributed by atoms with Gasteiger partial charge in [-0.25, -0.2) is 0 Å². The number of hydrogen-bond acceptors (Lipinski definition) is 2. The summed E-state index contributed by atoms with van der Waals surface area (Å²) < 4.78 is 2.65. The zero-order chi connectivity index (χ0) is 26.9. The Morgan fingerprint density at radius 1 is 0.526 bits per heavy atom. The molecule has 2 heterocycles. The number of rotatable bonds is 6. The Morgan fingerprint density at radius 2 is 0.868 bits per heavy atom. The Hall–Kier alpha value is -2.08. The van der Waals surface area contributed by atoms with E-state index in [2.05, 4.69) is 111 Å². The van der Waals surface area contributed by atoms with E-state index in [9.17, 15) is 0 Å². The van der Waals surface area contributed by atoms with E-state index in [4.69, 9.17) is 0 Å². The standard InChI is InChI=1S/C34H38S4/c1-7-37(8-2,9-3)19-15-27-29-21-25-13-17-36-34(25)24-32(29)28(16-20-38(10-4,11-5)12-6)30-22-26-14-18-35-33(26)23-31(27)30/h13-14,17-18,21-24H,7-12H2,1-6H3. The number of hydrogen-bond donors (Lipinski definition) is 0. The minimum atomic E-state index is -0.940. The first-order chi connectivity index (χ1) is 18.5. The lowest BCUT2D eigenvalue weighted by Gasteiger charge is -2.30. The van der Waals surface area contributed by atoms with Gasteiger partial charge in [-0.3, -0.25) is 0 Å². The Labute approximate surface area is 239 Å². The Balaban J connectivity index is 1.96. The summed E-state index contributed by atoms with van der Waals surface area (Å²) in [6.45, 7) is 13.9. The minimum absolute atomic E-state index is 0.940. The van der Waals surface area contributed by atoms with E-state index in [1.54, 1.807) is 0 Å². The van der Waals surface area contributed by atoms with E-state index in [1.165, 1.54) is 52.8 Å². The summed E-state index contributed by atoms with van der Waals surface area (Å²) in [4.78, 5) is 0. The van der Waals surface area contributed by atoms with Gasteiger partial charge in [0, 0.05) is 31.3 Å². The molecule has 0 N–H and O–H groups in total. The lowest BCUT2D eigenvalue weighted by molar-refractivity contribution is 1.36. The molecule has 0 amide bonds. The summed E-state index contributed by atoms with van der Waals surface area (Å²) in [7, 11) is -1.88. The molecule has 0 nitrogen and oxygen atoms in total. The van der Waals surface area contributed by atoms with Crippen LogP contribution in [0.4, 0.5) is 0 Å². The van der Waals surface area contributed by atoms with Gasteiger partial charge in [0.1, 0.15) is 0 Å².